The second kappa shape index (κ2) is 5.80. The Kier molecular flexibility index (Phi) is 3.90. The predicted octanol–water partition coefficient (Wildman–Crippen LogP) is 2.32. The molecule has 1 aliphatic rings. The maximum absolute atomic E-state index is 14.2. The van der Waals surface area contributed by atoms with Crippen molar-refractivity contribution in [2.24, 2.45) is 0 Å². The van der Waals surface area contributed by atoms with Gasteiger partial charge in [0.15, 0.2) is 5.75 Å². The maximum Gasteiger partial charge on any atom is 0.343 e. The number of nitro groups is 1. The number of hydrogen-bond acceptors (Lipinski definition) is 6. The molecule has 0 radical (unpaired) electrons. The summed E-state index contributed by atoms with van der Waals surface area (Å²) in [5.74, 6) is -4.96. The summed E-state index contributed by atoms with van der Waals surface area (Å²) in [6.45, 7) is 3.06. The average Bonchev–Trinajstić information content (AvgIpc) is 2.55. The average molecular weight is 354 g/mol. The van der Waals surface area contributed by atoms with E-state index in [1.54, 1.807) is 6.92 Å². The van der Waals surface area contributed by atoms with E-state index in [1.807, 2.05) is 0 Å². The summed E-state index contributed by atoms with van der Waals surface area (Å²) < 4.78 is 39.6. The Labute approximate surface area is 138 Å². The molecule has 0 aliphatic carbocycles. The molecule has 132 valence electrons. The molecular formula is C15H12F2N2O6. The Morgan fingerprint density at radius 2 is 2.16 bits per heavy atom. The van der Waals surface area contributed by atoms with Crippen molar-refractivity contribution < 1.29 is 28.0 Å². The van der Waals surface area contributed by atoms with Crippen LogP contribution in [0, 0.1) is 21.7 Å². The molecule has 2 aromatic rings. The first-order valence-electron chi connectivity index (χ1n) is 7.33. The summed E-state index contributed by atoms with van der Waals surface area (Å²) in [6.07, 6.45) is 1.13. The second-order valence-corrected chi connectivity index (χ2v) is 5.45. The highest BCUT2D eigenvalue weighted by atomic mass is 19.2. The Hall–Kier alpha value is -3.04. The Bertz CT molecular complexity index is 985. The first-order chi connectivity index (χ1) is 11.8. The van der Waals surface area contributed by atoms with Gasteiger partial charge in [0.1, 0.15) is 23.1 Å². The van der Waals surface area contributed by atoms with Gasteiger partial charge in [0.25, 0.3) is 0 Å². The molecule has 25 heavy (non-hydrogen) atoms. The van der Waals surface area contributed by atoms with Crippen molar-refractivity contribution in [3.63, 3.8) is 0 Å². The summed E-state index contributed by atoms with van der Waals surface area (Å²) in [5.41, 5.74) is -3.21. The van der Waals surface area contributed by atoms with Crippen LogP contribution in [0.2, 0.25) is 0 Å². The predicted molar refractivity (Wildman–Crippen MR) is 80.9 cm³/mol. The molecule has 0 bridgehead atoms. The SMILES string of the molecule is CCOC(=O)c1cn2c3c(c(F)c(F)c([N+](=O)[O-])c3c1=O)OCC2C. The number of benzene rings is 1. The monoisotopic (exact) mass is 354 g/mol. The van der Waals surface area contributed by atoms with Crippen molar-refractivity contribution in [3.05, 3.63) is 43.7 Å². The van der Waals surface area contributed by atoms with Crippen LogP contribution in [0.3, 0.4) is 0 Å². The van der Waals surface area contributed by atoms with E-state index < -0.39 is 56.4 Å². The van der Waals surface area contributed by atoms with Gasteiger partial charge in [-0.05, 0) is 13.8 Å². The minimum atomic E-state index is -1.81. The Morgan fingerprint density at radius 1 is 1.48 bits per heavy atom. The molecule has 0 saturated heterocycles. The molecule has 2 heterocycles. The molecule has 0 fully saturated rings. The molecule has 0 N–H and O–H groups in total. The number of hydrogen-bond donors (Lipinski definition) is 0. The van der Waals surface area contributed by atoms with E-state index in [0.717, 1.165) is 6.20 Å². The van der Waals surface area contributed by atoms with Crippen LogP contribution in [0.1, 0.15) is 30.2 Å². The topological polar surface area (TPSA) is 101 Å². The summed E-state index contributed by atoms with van der Waals surface area (Å²) in [6, 6.07) is -0.478. The standard InChI is InChI=1S/C15H12F2N2O6/c1-3-24-15(21)7-4-18-6(2)5-25-14-10(17)9(16)11(19(22)23)8(12(14)18)13(7)20/h4,6H,3,5H2,1-2H3. The summed E-state index contributed by atoms with van der Waals surface area (Å²) in [5, 5.41) is 10.5. The highest BCUT2D eigenvalue weighted by Crippen LogP contribution is 2.40. The van der Waals surface area contributed by atoms with Crippen molar-refractivity contribution in [3.8, 4) is 5.75 Å². The van der Waals surface area contributed by atoms with Gasteiger partial charge in [-0.2, -0.15) is 8.78 Å². The normalized spacial score (nSPS) is 15.8. The molecule has 3 rings (SSSR count). The van der Waals surface area contributed by atoms with Gasteiger partial charge in [0.05, 0.1) is 17.6 Å². The molecule has 0 spiro atoms. The Balaban J connectivity index is 2.56. The van der Waals surface area contributed by atoms with Gasteiger partial charge >= 0.3 is 11.7 Å². The van der Waals surface area contributed by atoms with E-state index in [2.05, 4.69) is 0 Å². The largest absolute Gasteiger partial charge is 0.486 e. The number of rotatable bonds is 3. The molecule has 1 aromatic heterocycles. The second-order valence-electron chi connectivity index (χ2n) is 5.45. The summed E-state index contributed by atoms with van der Waals surface area (Å²) in [7, 11) is 0. The van der Waals surface area contributed by atoms with Gasteiger partial charge < -0.3 is 14.0 Å². The molecule has 10 heteroatoms. The Morgan fingerprint density at radius 3 is 2.76 bits per heavy atom. The van der Waals surface area contributed by atoms with Gasteiger partial charge in [0.2, 0.25) is 17.1 Å². The minimum Gasteiger partial charge on any atom is -0.486 e. The first kappa shape index (κ1) is 16.8. The first-order valence-corrected chi connectivity index (χ1v) is 7.33. The fourth-order valence-corrected chi connectivity index (χ4v) is 2.79. The minimum absolute atomic E-state index is 0.0277. The molecule has 1 atom stereocenters. The van der Waals surface area contributed by atoms with Crippen LogP contribution in [0.25, 0.3) is 10.9 Å². The van der Waals surface area contributed by atoms with Crippen LogP contribution in [0.4, 0.5) is 14.5 Å². The fraction of sp³-hybridized carbons (Fsp3) is 0.333. The molecule has 1 aliphatic heterocycles. The lowest BCUT2D eigenvalue weighted by molar-refractivity contribution is -0.386. The molecule has 0 saturated carbocycles. The fourth-order valence-electron chi connectivity index (χ4n) is 2.79. The third-order valence-electron chi connectivity index (χ3n) is 3.91. The lowest BCUT2D eigenvalue weighted by atomic mass is 10.1. The molecule has 1 unspecified atom stereocenters. The molecule has 0 amide bonds. The van der Waals surface area contributed by atoms with Gasteiger partial charge in [-0.15, -0.1) is 0 Å². The molecular weight excluding hydrogens is 342 g/mol. The third-order valence-corrected chi connectivity index (χ3v) is 3.91. The lowest BCUT2D eigenvalue weighted by Gasteiger charge is -2.27. The summed E-state index contributed by atoms with van der Waals surface area (Å²) >= 11 is 0. The number of nitro benzene ring substituents is 1. The van der Waals surface area contributed by atoms with Crippen molar-refractivity contribution in [2.45, 2.75) is 19.9 Å². The maximum atomic E-state index is 14.2. The van der Waals surface area contributed by atoms with Crippen LogP contribution in [0.5, 0.6) is 5.75 Å². The van der Waals surface area contributed by atoms with E-state index in [0.29, 0.717) is 0 Å². The number of pyridine rings is 1. The van der Waals surface area contributed by atoms with Crippen molar-refractivity contribution >= 4 is 22.6 Å². The van der Waals surface area contributed by atoms with Gasteiger partial charge in [-0.25, -0.2) is 4.79 Å². The van der Waals surface area contributed by atoms with Gasteiger partial charge in [0, 0.05) is 6.20 Å². The smallest absolute Gasteiger partial charge is 0.343 e. The number of ether oxygens (including phenoxy) is 2. The van der Waals surface area contributed by atoms with Gasteiger partial charge in [-0.1, -0.05) is 0 Å². The van der Waals surface area contributed by atoms with Crippen LogP contribution in [0.15, 0.2) is 11.0 Å². The van der Waals surface area contributed by atoms with Crippen LogP contribution in [-0.4, -0.2) is 28.7 Å². The highest BCUT2D eigenvalue weighted by molar-refractivity contribution is 5.99. The zero-order chi connectivity index (χ0) is 18.5. The zero-order valence-electron chi connectivity index (χ0n) is 13.2. The van der Waals surface area contributed by atoms with E-state index >= 15 is 0 Å². The molecule has 1 aromatic carbocycles. The van der Waals surface area contributed by atoms with Gasteiger partial charge in [-0.3, -0.25) is 14.9 Å². The molecule has 8 nitrogen and oxygen atoms in total. The summed E-state index contributed by atoms with van der Waals surface area (Å²) in [4.78, 5) is 34.7. The highest BCUT2D eigenvalue weighted by Gasteiger charge is 2.36. The third kappa shape index (κ3) is 2.32. The number of carbonyl (C=O) groups is 1. The zero-order valence-corrected chi connectivity index (χ0v) is 13.2. The quantitative estimate of drug-likeness (QED) is 0.476. The van der Waals surface area contributed by atoms with Crippen molar-refractivity contribution in [1.29, 1.82) is 0 Å². The number of nitrogens with zero attached hydrogens (tertiary/aromatic N) is 2. The van der Waals surface area contributed by atoms with E-state index in [9.17, 15) is 28.5 Å². The van der Waals surface area contributed by atoms with Crippen molar-refractivity contribution in [1.82, 2.24) is 4.57 Å². The number of aromatic nitrogens is 1. The van der Waals surface area contributed by atoms with Crippen LogP contribution < -0.4 is 10.2 Å². The number of carbonyl (C=O) groups excluding carboxylic acids is 1. The van der Waals surface area contributed by atoms with E-state index in [-0.39, 0.29) is 18.7 Å². The van der Waals surface area contributed by atoms with E-state index in [1.165, 1.54) is 11.5 Å². The lowest BCUT2D eigenvalue weighted by Crippen LogP contribution is -2.28. The van der Waals surface area contributed by atoms with Crippen molar-refractivity contribution in [2.75, 3.05) is 13.2 Å². The van der Waals surface area contributed by atoms with Crippen LogP contribution >= 0.6 is 0 Å². The van der Waals surface area contributed by atoms with E-state index in [4.69, 9.17) is 9.47 Å². The number of esters is 1. The number of halogens is 2. The van der Waals surface area contributed by atoms with Crippen LogP contribution in [-0.2, 0) is 4.74 Å².